The average molecular weight is 352 g/mol. The zero-order valence-electron chi connectivity index (χ0n) is 12.4. The molecule has 0 bridgehead atoms. The summed E-state index contributed by atoms with van der Waals surface area (Å²) in [6, 6.07) is 11.3. The molecule has 0 aliphatic rings. The fraction of sp³-hybridized carbons (Fsp3) is 0.412. The number of benzene rings is 1. The summed E-state index contributed by atoms with van der Waals surface area (Å²) >= 11 is 5.58. The van der Waals surface area contributed by atoms with Crippen molar-refractivity contribution in [2.24, 2.45) is 0 Å². The molecule has 20 heavy (non-hydrogen) atoms. The lowest BCUT2D eigenvalue weighted by Gasteiger charge is -2.18. The molecule has 0 spiro atoms. The number of hydrogen-bond donors (Lipinski definition) is 1. The van der Waals surface area contributed by atoms with Gasteiger partial charge in [-0.05, 0) is 56.5 Å². The van der Waals surface area contributed by atoms with Crippen molar-refractivity contribution in [1.29, 1.82) is 0 Å². The second-order valence-corrected chi connectivity index (χ2v) is 7.33. The van der Waals surface area contributed by atoms with Gasteiger partial charge in [-0.3, -0.25) is 0 Å². The number of nitrogens with one attached hydrogen (secondary N) is 1. The number of hydrogen-bond acceptors (Lipinski definition) is 2. The summed E-state index contributed by atoms with van der Waals surface area (Å²) in [4.78, 5) is 2.87. The van der Waals surface area contributed by atoms with E-state index < -0.39 is 0 Å². The molecule has 1 atom stereocenters. The third kappa shape index (κ3) is 3.94. The van der Waals surface area contributed by atoms with Crippen LogP contribution in [0, 0.1) is 13.8 Å². The number of rotatable bonds is 6. The second-order valence-electron chi connectivity index (χ2n) is 5.19. The van der Waals surface area contributed by atoms with E-state index in [1.165, 1.54) is 25.4 Å². The number of thiophene rings is 1. The van der Waals surface area contributed by atoms with Crippen molar-refractivity contribution >= 4 is 27.3 Å². The predicted molar refractivity (Wildman–Crippen MR) is 92.7 cm³/mol. The Hall–Kier alpha value is -0.640. The lowest BCUT2D eigenvalue weighted by Crippen LogP contribution is -2.23. The zero-order chi connectivity index (χ0) is 14.5. The Balaban J connectivity index is 2.21. The first-order chi connectivity index (χ1) is 9.61. The maximum Gasteiger partial charge on any atom is 0.0456 e. The summed E-state index contributed by atoms with van der Waals surface area (Å²) in [5.41, 5.74) is 2.77. The molecule has 1 aromatic heterocycles. The van der Waals surface area contributed by atoms with Crippen molar-refractivity contribution < 1.29 is 0 Å². The van der Waals surface area contributed by atoms with Gasteiger partial charge in [0.2, 0.25) is 0 Å². The molecular formula is C17H22BrNS. The highest BCUT2D eigenvalue weighted by Crippen LogP contribution is 2.30. The molecule has 2 aromatic rings. The Morgan fingerprint density at radius 2 is 2.00 bits per heavy atom. The molecule has 2 rings (SSSR count). The van der Waals surface area contributed by atoms with Crippen LogP contribution in [0.4, 0.5) is 0 Å². The normalized spacial score (nSPS) is 12.6. The van der Waals surface area contributed by atoms with Gasteiger partial charge in [-0.2, -0.15) is 0 Å². The van der Waals surface area contributed by atoms with Crippen LogP contribution >= 0.6 is 27.3 Å². The highest BCUT2D eigenvalue weighted by atomic mass is 79.9. The van der Waals surface area contributed by atoms with E-state index in [1.807, 2.05) is 11.3 Å². The molecule has 1 N–H and O–H groups in total. The monoisotopic (exact) mass is 351 g/mol. The summed E-state index contributed by atoms with van der Waals surface area (Å²) in [5.74, 6) is 0. The molecule has 0 fully saturated rings. The van der Waals surface area contributed by atoms with E-state index >= 15 is 0 Å². The van der Waals surface area contributed by atoms with E-state index in [-0.39, 0.29) is 0 Å². The van der Waals surface area contributed by atoms with Gasteiger partial charge in [0.15, 0.2) is 0 Å². The standard InChI is InChI=1S/C17H22BrNS/c1-4-9-19-16(17-10-12(2)13(3)20-17)11-14-7-5-6-8-15(14)18/h5-8,10,16,19H,4,9,11H2,1-3H3. The quantitative estimate of drug-likeness (QED) is 0.733. The maximum atomic E-state index is 3.69. The molecule has 0 saturated carbocycles. The fourth-order valence-corrected chi connectivity index (χ4v) is 3.81. The summed E-state index contributed by atoms with van der Waals surface area (Å²) in [7, 11) is 0. The smallest absolute Gasteiger partial charge is 0.0456 e. The summed E-state index contributed by atoms with van der Waals surface area (Å²) in [6.45, 7) is 7.68. The Labute approximate surface area is 134 Å². The molecule has 1 nitrogen and oxygen atoms in total. The van der Waals surface area contributed by atoms with Gasteiger partial charge in [0.1, 0.15) is 0 Å². The highest BCUT2D eigenvalue weighted by Gasteiger charge is 2.16. The molecule has 1 heterocycles. The topological polar surface area (TPSA) is 12.0 Å². The van der Waals surface area contributed by atoms with Crippen LogP contribution in [0.1, 0.15) is 40.3 Å². The minimum absolute atomic E-state index is 0.408. The molecule has 0 amide bonds. The van der Waals surface area contributed by atoms with Gasteiger partial charge in [0, 0.05) is 20.3 Å². The average Bonchev–Trinajstić information content (AvgIpc) is 2.76. The van der Waals surface area contributed by atoms with Gasteiger partial charge in [-0.25, -0.2) is 0 Å². The van der Waals surface area contributed by atoms with Crippen LogP contribution in [0.2, 0.25) is 0 Å². The van der Waals surface area contributed by atoms with E-state index in [9.17, 15) is 0 Å². The minimum Gasteiger partial charge on any atom is -0.309 e. The third-order valence-electron chi connectivity index (χ3n) is 3.55. The van der Waals surface area contributed by atoms with Gasteiger partial charge in [-0.1, -0.05) is 41.1 Å². The SMILES string of the molecule is CCCNC(Cc1ccccc1Br)c1cc(C)c(C)s1. The molecule has 1 unspecified atom stereocenters. The summed E-state index contributed by atoms with van der Waals surface area (Å²) < 4.78 is 1.20. The van der Waals surface area contributed by atoms with E-state index in [2.05, 4.69) is 72.3 Å². The lowest BCUT2D eigenvalue weighted by atomic mass is 10.0. The molecule has 0 radical (unpaired) electrons. The molecule has 0 saturated heterocycles. The van der Waals surface area contributed by atoms with Crippen molar-refractivity contribution in [2.45, 2.75) is 39.7 Å². The van der Waals surface area contributed by atoms with Gasteiger partial charge in [-0.15, -0.1) is 11.3 Å². The molecule has 108 valence electrons. The van der Waals surface area contributed by atoms with Crippen molar-refractivity contribution in [3.8, 4) is 0 Å². The molecular weight excluding hydrogens is 330 g/mol. The van der Waals surface area contributed by atoms with Gasteiger partial charge >= 0.3 is 0 Å². The summed E-state index contributed by atoms with van der Waals surface area (Å²) in [5, 5.41) is 3.69. The van der Waals surface area contributed by atoms with Gasteiger partial charge in [0.25, 0.3) is 0 Å². The van der Waals surface area contributed by atoms with Crippen molar-refractivity contribution in [3.63, 3.8) is 0 Å². The number of halogens is 1. The van der Waals surface area contributed by atoms with Crippen molar-refractivity contribution in [1.82, 2.24) is 5.32 Å². The minimum atomic E-state index is 0.408. The molecule has 1 aromatic carbocycles. The first-order valence-corrected chi connectivity index (χ1v) is 8.76. The zero-order valence-corrected chi connectivity index (χ0v) is 14.8. The molecule has 0 aliphatic carbocycles. The largest absolute Gasteiger partial charge is 0.309 e. The molecule has 3 heteroatoms. The van der Waals surface area contributed by atoms with E-state index in [0.717, 1.165) is 19.4 Å². The van der Waals surface area contributed by atoms with Crippen LogP contribution in [0.15, 0.2) is 34.8 Å². The van der Waals surface area contributed by atoms with Gasteiger partial charge < -0.3 is 5.32 Å². The van der Waals surface area contributed by atoms with Crippen molar-refractivity contribution in [3.05, 3.63) is 55.7 Å². The van der Waals surface area contributed by atoms with E-state index in [1.54, 1.807) is 0 Å². The first-order valence-electron chi connectivity index (χ1n) is 7.15. The van der Waals surface area contributed by atoms with Crippen LogP contribution in [-0.2, 0) is 6.42 Å². The first kappa shape index (κ1) is 15.7. The molecule has 0 aliphatic heterocycles. The number of aryl methyl sites for hydroxylation is 2. The van der Waals surface area contributed by atoms with E-state index in [4.69, 9.17) is 0 Å². The van der Waals surface area contributed by atoms with E-state index in [0.29, 0.717) is 6.04 Å². The van der Waals surface area contributed by atoms with Crippen molar-refractivity contribution in [2.75, 3.05) is 6.54 Å². The maximum absolute atomic E-state index is 3.69. The highest BCUT2D eigenvalue weighted by molar-refractivity contribution is 9.10. The van der Waals surface area contributed by atoms with Crippen LogP contribution in [-0.4, -0.2) is 6.54 Å². The Bertz CT molecular complexity index is 542. The summed E-state index contributed by atoms with van der Waals surface area (Å²) in [6.07, 6.45) is 2.19. The fourth-order valence-electron chi connectivity index (χ4n) is 2.25. The van der Waals surface area contributed by atoms with Crippen LogP contribution in [0.3, 0.4) is 0 Å². The Morgan fingerprint density at radius 1 is 1.25 bits per heavy atom. The lowest BCUT2D eigenvalue weighted by molar-refractivity contribution is 0.536. The third-order valence-corrected chi connectivity index (χ3v) is 5.59. The van der Waals surface area contributed by atoms with Crippen LogP contribution < -0.4 is 5.32 Å². The predicted octanol–water partition coefficient (Wildman–Crippen LogP) is 5.41. The Kier molecular flexibility index (Phi) is 5.82. The van der Waals surface area contributed by atoms with Crippen LogP contribution in [0.5, 0.6) is 0 Å². The second kappa shape index (κ2) is 7.39. The van der Waals surface area contributed by atoms with Gasteiger partial charge in [0.05, 0.1) is 0 Å². The van der Waals surface area contributed by atoms with Crippen LogP contribution in [0.25, 0.3) is 0 Å². The Morgan fingerprint density at radius 3 is 2.60 bits per heavy atom.